The van der Waals surface area contributed by atoms with Crippen LogP contribution >= 0.6 is 28.4 Å². The molecule has 0 aliphatic carbocycles. The molecule has 3 nitrogen and oxygen atoms in total. The second-order valence-electron chi connectivity index (χ2n) is 2.84. The molecule has 0 bridgehead atoms. The van der Waals surface area contributed by atoms with Crippen molar-refractivity contribution in [3.8, 4) is 5.75 Å². The van der Waals surface area contributed by atoms with E-state index in [4.69, 9.17) is 0 Å². The van der Waals surface area contributed by atoms with Gasteiger partial charge in [-0.2, -0.15) is 5.10 Å². The largest absolute Gasteiger partial charge is 0.508 e. The van der Waals surface area contributed by atoms with Gasteiger partial charge in [0.2, 0.25) is 0 Å². The van der Waals surface area contributed by atoms with E-state index in [1.807, 2.05) is 23.6 Å². The van der Waals surface area contributed by atoms with Gasteiger partial charge in [0.25, 0.3) is 0 Å². The van der Waals surface area contributed by atoms with Gasteiger partial charge < -0.3 is 5.11 Å². The van der Waals surface area contributed by atoms with Crippen LogP contribution in [0.1, 0.15) is 5.56 Å². The highest BCUT2D eigenvalue weighted by molar-refractivity contribution is 14.2. The molecule has 2 rings (SSSR count). The van der Waals surface area contributed by atoms with Crippen molar-refractivity contribution in [1.82, 2.24) is 9.55 Å². The summed E-state index contributed by atoms with van der Waals surface area (Å²) in [5.41, 5.74) is 1.89. The zero-order valence-corrected chi connectivity index (χ0v) is 10.1. The molecule has 0 amide bonds. The summed E-state index contributed by atoms with van der Waals surface area (Å²) in [6.07, 6.45) is 2.39. The summed E-state index contributed by atoms with van der Waals surface area (Å²) < 4.78 is 1.88. The molecule has 1 aromatic heterocycles. The lowest BCUT2D eigenvalue weighted by Gasteiger charge is -2.00. The summed E-state index contributed by atoms with van der Waals surface area (Å²) >= 11 is 2.27. The lowest BCUT2D eigenvalue weighted by atomic mass is 10.2. The molecule has 1 atom stereocenters. The van der Waals surface area contributed by atoms with Crippen molar-refractivity contribution in [1.29, 1.82) is 0 Å². The standard InChI is InChI=1S/C8H8IN2OP/c1-5-2-6-4-10-11(13-9)7(6)3-8(5)12/h2-4,12-13H,1H3. The Kier molecular flexibility index (Phi) is 2.43. The first-order valence-electron chi connectivity index (χ1n) is 3.76. The average molecular weight is 306 g/mol. The van der Waals surface area contributed by atoms with Gasteiger partial charge in [-0.05, 0) is 40.6 Å². The Morgan fingerprint density at radius 3 is 3.00 bits per heavy atom. The molecular formula is C8H8IN2OP. The van der Waals surface area contributed by atoms with Gasteiger partial charge in [0.15, 0.2) is 0 Å². The summed E-state index contributed by atoms with van der Waals surface area (Å²) in [4.78, 5) is 0. The molecule has 0 saturated carbocycles. The summed E-state index contributed by atoms with van der Waals surface area (Å²) in [7, 11) is 0. The quantitative estimate of drug-likeness (QED) is 0.650. The minimum Gasteiger partial charge on any atom is -0.508 e. The molecule has 2 aromatic rings. The molecule has 0 aliphatic heterocycles. The van der Waals surface area contributed by atoms with Gasteiger partial charge in [-0.1, -0.05) is 0 Å². The number of aromatic hydroxyl groups is 1. The van der Waals surface area contributed by atoms with Crippen LogP contribution in [0, 0.1) is 6.92 Å². The van der Waals surface area contributed by atoms with Crippen LogP contribution in [-0.2, 0) is 0 Å². The van der Waals surface area contributed by atoms with Crippen LogP contribution in [0.3, 0.4) is 0 Å². The van der Waals surface area contributed by atoms with Crippen LogP contribution in [0.2, 0.25) is 0 Å². The lowest BCUT2D eigenvalue weighted by molar-refractivity contribution is 0.472. The number of fused-ring (bicyclic) bond motifs is 1. The normalized spacial score (nSPS) is 11.8. The van der Waals surface area contributed by atoms with Gasteiger partial charge in [-0.15, -0.1) is 0 Å². The summed E-state index contributed by atoms with van der Waals surface area (Å²) in [6, 6.07) is 3.72. The smallest absolute Gasteiger partial charge is 0.120 e. The van der Waals surface area contributed by atoms with E-state index < -0.39 is 0 Å². The predicted molar refractivity (Wildman–Crippen MR) is 63.9 cm³/mol. The van der Waals surface area contributed by atoms with Crippen molar-refractivity contribution in [3.05, 3.63) is 23.9 Å². The highest BCUT2D eigenvalue weighted by atomic mass is 127. The number of aromatic nitrogens is 2. The van der Waals surface area contributed by atoms with E-state index in [0.717, 1.165) is 16.5 Å². The van der Waals surface area contributed by atoms with Crippen molar-refractivity contribution in [3.63, 3.8) is 0 Å². The van der Waals surface area contributed by atoms with Gasteiger partial charge in [-0.25, -0.2) is 4.45 Å². The third kappa shape index (κ3) is 1.53. The van der Waals surface area contributed by atoms with E-state index in [-0.39, 0.29) is 0 Å². The second kappa shape index (κ2) is 3.42. The van der Waals surface area contributed by atoms with E-state index in [2.05, 4.69) is 27.1 Å². The van der Waals surface area contributed by atoms with E-state index in [9.17, 15) is 5.11 Å². The molecule has 5 heteroatoms. The average Bonchev–Trinajstić information content (AvgIpc) is 2.48. The van der Waals surface area contributed by atoms with E-state index in [0.29, 0.717) is 12.1 Å². The number of phenols is 1. The fourth-order valence-electron chi connectivity index (χ4n) is 1.24. The molecule has 0 aliphatic rings. The van der Waals surface area contributed by atoms with E-state index in [1.165, 1.54) is 0 Å². The maximum atomic E-state index is 9.52. The Hall–Kier alpha value is -0.350. The summed E-state index contributed by atoms with van der Waals surface area (Å²) in [5, 5.41) is 14.8. The third-order valence-corrected chi connectivity index (χ3v) is 3.85. The van der Waals surface area contributed by atoms with Crippen LogP contribution in [0.15, 0.2) is 18.3 Å². The van der Waals surface area contributed by atoms with E-state index in [1.54, 1.807) is 6.07 Å². The third-order valence-electron chi connectivity index (χ3n) is 1.97. The number of benzene rings is 1. The van der Waals surface area contributed by atoms with Crippen LogP contribution in [0.25, 0.3) is 10.9 Å². The number of hydrogen-bond acceptors (Lipinski definition) is 2. The van der Waals surface area contributed by atoms with Crippen molar-refractivity contribution in [2.75, 3.05) is 0 Å². The topological polar surface area (TPSA) is 38.0 Å². The van der Waals surface area contributed by atoms with Gasteiger partial charge in [-0.3, -0.25) is 0 Å². The maximum Gasteiger partial charge on any atom is 0.120 e. The van der Waals surface area contributed by atoms with Crippen molar-refractivity contribution in [2.45, 2.75) is 6.92 Å². The Morgan fingerprint density at radius 2 is 2.31 bits per heavy atom. The summed E-state index contributed by atoms with van der Waals surface area (Å²) in [5.74, 6) is 0.337. The second-order valence-corrected chi connectivity index (χ2v) is 4.88. The lowest BCUT2D eigenvalue weighted by Crippen LogP contribution is -1.82. The Labute approximate surface area is 90.5 Å². The van der Waals surface area contributed by atoms with Gasteiger partial charge in [0, 0.05) is 11.5 Å². The molecule has 1 N–H and O–H groups in total. The van der Waals surface area contributed by atoms with Crippen molar-refractivity contribution in [2.24, 2.45) is 0 Å². The number of nitrogens with zero attached hydrogens (tertiary/aromatic N) is 2. The Balaban J connectivity index is 2.77. The van der Waals surface area contributed by atoms with Crippen LogP contribution in [-0.4, -0.2) is 14.7 Å². The molecule has 1 unspecified atom stereocenters. The minimum atomic E-state index is 0.337. The Bertz CT molecular complexity index is 455. The fraction of sp³-hybridized carbons (Fsp3) is 0.125. The molecule has 0 radical (unpaired) electrons. The zero-order chi connectivity index (χ0) is 9.42. The minimum absolute atomic E-state index is 0.337. The first-order chi connectivity index (χ1) is 6.22. The van der Waals surface area contributed by atoms with E-state index >= 15 is 0 Å². The van der Waals surface area contributed by atoms with Crippen molar-refractivity contribution < 1.29 is 5.11 Å². The number of aryl methyl sites for hydroxylation is 1. The maximum absolute atomic E-state index is 9.52. The number of halogens is 1. The molecule has 1 aromatic carbocycles. The van der Waals surface area contributed by atoms with Gasteiger partial charge >= 0.3 is 0 Å². The fourth-order valence-corrected chi connectivity index (χ4v) is 2.78. The Morgan fingerprint density at radius 1 is 1.54 bits per heavy atom. The first kappa shape index (κ1) is 9.21. The predicted octanol–water partition coefficient (Wildman–Crippen LogP) is 2.84. The number of rotatable bonds is 1. The molecule has 0 spiro atoms. The molecule has 0 fully saturated rings. The molecule has 68 valence electrons. The SMILES string of the molecule is Cc1cc2cnn(PI)c2cc1O. The highest BCUT2D eigenvalue weighted by Gasteiger charge is 2.04. The molecule has 1 heterocycles. The molecule has 13 heavy (non-hydrogen) atoms. The number of phenolic OH excluding ortho intramolecular Hbond substituents is 1. The van der Waals surface area contributed by atoms with Crippen LogP contribution in [0.5, 0.6) is 5.75 Å². The summed E-state index contributed by atoms with van der Waals surface area (Å²) in [6.45, 7) is 1.89. The van der Waals surface area contributed by atoms with Gasteiger partial charge in [0.05, 0.1) is 18.1 Å². The van der Waals surface area contributed by atoms with Crippen LogP contribution < -0.4 is 0 Å². The van der Waals surface area contributed by atoms with Crippen LogP contribution in [0.4, 0.5) is 0 Å². The molecule has 0 saturated heterocycles. The highest BCUT2D eigenvalue weighted by Crippen LogP contribution is 2.31. The molecular weight excluding hydrogens is 298 g/mol. The monoisotopic (exact) mass is 306 g/mol. The number of hydrogen-bond donors (Lipinski definition) is 1. The zero-order valence-electron chi connectivity index (χ0n) is 6.95. The van der Waals surface area contributed by atoms with Gasteiger partial charge in [0.1, 0.15) is 5.75 Å². The van der Waals surface area contributed by atoms with Crippen molar-refractivity contribution >= 4 is 39.3 Å². The first-order valence-corrected chi connectivity index (χ1v) is 7.82.